The summed E-state index contributed by atoms with van der Waals surface area (Å²) in [6, 6.07) is 3.81. The van der Waals surface area contributed by atoms with E-state index in [9.17, 15) is 4.79 Å². The summed E-state index contributed by atoms with van der Waals surface area (Å²) in [5.74, 6) is 0.0150. The van der Waals surface area contributed by atoms with Gasteiger partial charge in [0.15, 0.2) is 0 Å². The molecule has 1 atom stereocenters. The van der Waals surface area contributed by atoms with Crippen LogP contribution in [0.3, 0.4) is 0 Å². The van der Waals surface area contributed by atoms with Gasteiger partial charge in [-0.3, -0.25) is 9.78 Å². The highest BCUT2D eigenvalue weighted by atomic mass is 16.5. The topological polar surface area (TPSA) is 45.7 Å². The van der Waals surface area contributed by atoms with Crippen LogP contribution in [0.4, 0.5) is 5.69 Å². The molecule has 2 fully saturated rings. The van der Waals surface area contributed by atoms with Gasteiger partial charge in [0.2, 0.25) is 0 Å². The van der Waals surface area contributed by atoms with Gasteiger partial charge in [0, 0.05) is 25.8 Å². The van der Waals surface area contributed by atoms with E-state index in [0.717, 1.165) is 44.6 Å². The summed E-state index contributed by atoms with van der Waals surface area (Å²) < 4.78 is 6.23. The van der Waals surface area contributed by atoms with E-state index in [4.69, 9.17) is 4.74 Å². The Morgan fingerprint density at radius 1 is 1.41 bits per heavy atom. The molecule has 0 aromatic carbocycles. The molecule has 3 heterocycles. The van der Waals surface area contributed by atoms with Crippen LogP contribution < -0.4 is 4.90 Å². The first kappa shape index (κ1) is 19.5. The lowest BCUT2D eigenvalue weighted by Gasteiger charge is -2.49. The van der Waals surface area contributed by atoms with Gasteiger partial charge in [-0.2, -0.15) is 0 Å². The van der Waals surface area contributed by atoms with E-state index in [2.05, 4.69) is 23.0 Å². The molecular formula is C22H29N3O2. The largest absolute Gasteiger partial charge is 0.360 e. The summed E-state index contributed by atoms with van der Waals surface area (Å²) in [5.41, 5.74) is 1.79. The minimum absolute atomic E-state index is 0.0150. The van der Waals surface area contributed by atoms with Crippen LogP contribution in [-0.2, 0) is 9.53 Å². The van der Waals surface area contributed by atoms with Gasteiger partial charge in [-0.25, -0.2) is 0 Å². The molecule has 0 bridgehead atoms. The van der Waals surface area contributed by atoms with Gasteiger partial charge in [-0.1, -0.05) is 31.4 Å². The number of likely N-dealkylation sites (tertiary alicyclic amines) is 1. The van der Waals surface area contributed by atoms with Crippen molar-refractivity contribution in [3.8, 4) is 0 Å². The monoisotopic (exact) mass is 367 g/mol. The molecule has 2 saturated heterocycles. The van der Waals surface area contributed by atoms with Crippen LogP contribution in [0.25, 0.3) is 0 Å². The van der Waals surface area contributed by atoms with Gasteiger partial charge in [-0.05, 0) is 43.9 Å². The zero-order valence-electron chi connectivity index (χ0n) is 16.1. The van der Waals surface area contributed by atoms with E-state index in [1.165, 1.54) is 5.57 Å². The average molecular weight is 367 g/mol. The van der Waals surface area contributed by atoms with Crippen LogP contribution in [-0.4, -0.2) is 53.7 Å². The number of anilines is 1. The lowest BCUT2D eigenvalue weighted by Crippen LogP contribution is -2.61. The molecule has 27 heavy (non-hydrogen) atoms. The molecule has 0 N–H and O–H groups in total. The highest BCUT2D eigenvalue weighted by Gasteiger charge is 2.45. The van der Waals surface area contributed by atoms with E-state index in [1.54, 1.807) is 12.4 Å². The van der Waals surface area contributed by atoms with Gasteiger partial charge in [0.05, 0.1) is 24.0 Å². The Labute approximate surface area is 162 Å². The summed E-state index contributed by atoms with van der Waals surface area (Å²) in [6.45, 7) is 13.0. The summed E-state index contributed by atoms with van der Waals surface area (Å²) in [5, 5.41) is 0. The highest BCUT2D eigenvalue weighted by Crippen LogP contribution is 2.34. The Bertz CT molecular complexity index is 706. The number of aromatic nitrogens is 1. The van der Waals surface area contributed by atoms with Gasteiger partial charge in [0.25, 0.3) is 5.91 Å². The molecule has 0 radical (unpaired) electrons. The average Bonchev–Trinajstić information content (AvgIpc) is 2.70. The van der Waals surface area contributed by atoms with Crippen molar-refractivity contribution in [2.75, 3.05) is 31.1 Å². The number of rotatable bonds is 6. The molecule has 5 nitrogen and oxygen atoms in total. The molecule has 144 valence electrons. The van der Waals surface area contributed by atoms with Crippen molar-refractivity contribution in [2.45, 2.75) is 37.9 Å². The maximum atomic E-state index is 12.6. The first-order valence-electron chi connectivity index (χ1n) is 9.62. The van der Waals surface area contributed by atoms with Crippen molar-refractivity contribution >= 4 is 11.6 Å². The first-order valence-corrected chi connectivity index (χ1v) is 9.62. The number of piperidine rings is 1. The molecule has 1 aromatic rings. The second kappa shape index (κ2) is 8.63. The second-order valence-corrected chi connectivity index (χ2v) is 7.35. The number of hydrogen-bond donors (Lipinski definition) is 0. The molecule has 1 unspecified atom stereocenters. The van der Waals surface area contributed by atoms with Crippen LogP contribution in [0.1, 0.15) is 26.2 Å². The Kier molecular flexibility index (Phi) is 6.24. The zero-order valence-corrected chi connectivity index (χ0v) is 16.1. The fourth-order valence-electron chi connectivity index (χ4n) is 3.93. The van der Waals surface area contributed by atoms with Gasteiger partial charge < -0.3 is 14.5 Å². The third kappa shape index (κ3) is 4.54. The Morgan fingerprint density at radius 2 is 2.19 bits per heavy atom. The predicted octanol–water partition coefficient (Wildman–Crippen LogP) is 3.36. The van der Waals surface area contributed by atoms with Crippen molar-refractivity contribution in [1.82, 2.24) is 9.88 Å². The fraction of sp³-hybridized carbons (Fsp3) is 0.455. The Hall–Kier alpha value is -2.24. The molecule has 2 aliphatic heterocycles. The molecule has 1 aromatic heterocycles. The van der Waals surface area contributed by atoms with Crippen molar-refractivity contribution < 1.29 is 9.53 Å². The lowest BCUT2D eigenvalue weighted by molar-refractivity contribution is -0.161. The highest BCUT2D eigenvalue weighted by molar-refractivity contribution is 5.97. The lowest BCUT2D eigenvalue weighted by atomic mass is 9.88. The number of hydrogen-bond acceptors (Lipinski definition) is 4. The number of nitrogens with zero attached hydrogens (tertiary/aromatic N) is 3. The van der Waals surface area contributed by atoms with Crippen molar-refractivity contribution in [2.24, 2.45) is 0 Å². The fourth-order valence-corrected chi connectivity index (χ4v) is 3.93. The summed E-state index contributed by atoms with van der Waals surface area (Å²) in [7, 11) is 0. The normalized spacial score (nSPS) is 23.4. The van der Waals surface area contributed by atoms with Gasteiger partial charge in [-0.15, -0.1) is 0 Å². The van der Waals surface area contributed by atoms with Crippen LogP contribution in [0.5, 0.6) is 0 Å². The van der Waals surface area contributed by atoms with Crippen LogP contribution in [0.2, 0.25) is 0 Å². The van der Waals surface area contributed by atoms with E-state index in [-0.39, 0.29) is 11.5 Å². The number of ether oxygens (including phenoxy) is 1. The van der Waals surface area contributed by atoms with Crippen molar-refractivity contribution in [1.29, 1.82) is 0 Å². The van der Waals surface area contributed by atoms with E-state index in [1.807, 2.05) is 42.2 Å². The van der Waals surface area contributed by atoms with Crippen molar-refractivity contribution in [3.05, 3.63) is 61.5 Å². The molecule has 0 saturated carbocycles. The maximum absolute atomic E-state index is 12.6. The summed E-state index contributed by atoms with van der Waals surface area (Å²) >= 11 is 0. The molecule has 2 aliphatic rings. The first-order chi connectivity index (χ1) is 13.1. The van der Waals surface area contributed by atoms with Gasteiger partial charge >= 0.3 is 0 Å². The molecule has 5 heteroatoms. The predicted molar refractivity (Wildman–Crippen MR) is 109 cm³/mol. The Morgan fingerprint density at radius 3 is 2.81 bits per heavy atom. The maximum Gasteiger partial charge on any atom is 0.255 e. The summed E-state index contributed by atoms with van der Waals surface area (Å²) in [6.07, 6.45) is 11.6. The smallest absolute Gasteiger partial charge is 0.255 e. The number of carbonyl (C=O) groups is 1. The minimum atomic E-state index is -0.423. The molecule has 1 amide bonds. The van der Waals surface area contributed by atoms with E-state index in [0.29, 0.717) is 6.54 Å². The van der Waals surface area contributed by atoms with E-state index < -0.39 is 6.10 Å². The number of pyridine rings is 1. The molecule has 1 spiro atoms. The summed E-state index contributed by atoms with van der Waals surface area (Å²) in [4.78, 5) is 21.1. The second-order valence-electron chi connectivity index (χ2n) is 7.35. The van der Waals surface area contributed by atoms with Crippen LogP contribution in [0.15, 0.2) is 61.5 Å². The molecule has 0 aliphatic carbocycles. The molecule has 3 rings (SSSR count). The standard InChI is InChI=1S/C22H29N3O2/c1-4-7-19(5-2)9-13-24-14-10-22(11-15-24)17-25(21(26)18(3)27-22)20-8-6-12-23-16-20/h4-8,12,16,18H,1-2,9-11,13-15,17H2,3H3/b19-7+. The van der Waals surface area contributed by atoms with Crippen molar-refractivity contribution in [3.63, 3.8) is 0 Å². The Balaban J connectivity index is 1.62. The van der Waals surface area contributed by atoms with E-state index >= 15 is 0 Å². The SMILES string of the molecule is C=C/C=C(\C=C)CCN1CCC2(CC1)CN(c1cccnc1)C(=O)C(C)O2. The van der Waals surface area contributed by atoms with Crippen LogP contribution >= 0.6 is 0 Å². The third-order valence-electron chi connectivity index (χ3n) is 5.52. The quantitative estimate of drug-likeness (QED) is 0.724. The molecular weight excluding hydrogens is 338 g/mol. The zero-order chi connectivity index (χ0) is 19.3. The number of allylic oxidation sites excluding steroid dienone is 3. The number of morpholine rings is 1. The minimum Gasteiger partial charge on any atom is -0.360 e. The van der Waals surface area contributed by atoms with Crippen LogP contribution in [0, 0.1) is 0 Å². The number of carbonyl (C=O) groups excluding carboxylic acids is 1. The number of amides is 1. The van der Waals surface area contributed by atoms with Gasteiger partial charge in [0.1, 0.15) is 6.10 Å². The third-order valence-corrected chi connectivity index (χ3v) is 5.52.